The molecule has 1 saturated heterocycles. The van der Waals surface area contributed by atoms with Crippen molar-refractivity contribution in [2.75, 3.05) is 13.1 Å². The van der Waals surface area contributed by atoms with Crippen LogP contribution in [0.3, 0.4) is 0 Å². The van der Waals surface area contributed by atoms with Crippen molar-refractivity contribution in [3.8, 4) is 0 Å². The van der Waals surface area contributed by atoms with E-state index >= 15 is 0 Å². The maximum absolute atomic E-state index is 11.7. The van der Waals surface area contributed by atoms with Gasteiger partial charge < -0.3 is 30.6 Å². The molecule has 1 fully saturated rings. The zero-order valence-electron chi connectivity index (χ0n) is 10.0. The summed E-state index contributed by atoms with van der Waals surface area (Å²) in [6.45, 7) is -0.198. The summed E-state index contributed by atoms with van der Waals surface area (Å²) in [5.41, 5.74) is 0. The highest BCUT2D eigenvalue weighted by atomic mass is 16.4. The number of carboxylic acid groups (broad SMARTS) is 2. The number of urea groups is 1. The number of amides is 2. The van der Waals surface area contributed by atoms with Crippen LogP contribution in [0.15, 0.2) is 0 Å². The number of aliphatic carboxylic acids is 2. The Morgan fingerprint density at radius 1 is 1.16 bits per heavy atom. The molecule has 108 valence electrons. The van der Waals surface area contributed by atoms with Crippen molar-refractivity contribution in [1.82, 2.24) is 10.2 Å². The summed E-state index contributed by atoms with van der Waals surface area (Å²) in [6.07, 6.45) is -2.75. The first-order chi connectivity index (χ1) is 8.81. The Bertz CT molecular complexity index is 363. The van der Waals surface area contributed by atoms with Crippen LogP contribution in [-0.2, 0) is 9.59 Å². The summed E-state index contributed by atoms with van der Waals surface area (Å²) in [4.78, 5) is 34.0. The number of hydrogen-bond donors (Lipinski definition) is 5. The minimum absolute atomic E-state index is 0.0989. The number of rotatable bonds is 5. The number of β-amino-alcohol motifs (C(OH)–C–C–N with tert-alkyl or cyclic N) is 2. The van der Waals surface area contributed by atoms with Crippen molar-refractivity contribution in [3.05, 3.63) is 0 Å². The number of hydrogen-bond acceptors (Lipinski definition) is 5. The molecule has 1 heterocycles. The Labute approximate surface area is 108 Å². The van der Waals surface area contributed by atoms with E-state index in [0.29, 0.717) is 0 Å². The van der Waals surface area contributed by atoms with Crippen molar-refractivity contribution in [1.29, 1.82) is 0 Å². The monoisotopic (exact) mass is 276 g/mol. The van der Waals surface area contributed by atoms with Crippen LogP contribution in [0.4, 0.5) is 4.79 Å². The molecule has 1 rings (SSSR count). The van der Waals surface area contributed by atoms with Gasteiger partial charge in [0.1, 0.15) is 6.04 Å². The van der Waals surface area contributed by atoms with E-state index < -0.39 is 36.2 Å². The molecular weight excluding hydrogens is 260 g/mol. The van der Waals surface area contributed by atoms with Crippen molar-refractivity contribution >= 4 is 18.0 Å². The number of aliphatic hydroxyl groups excluding tert-OH is 2. The molecule has 9 heteroatoms. The molecule has 0 bridgehead atoms. The summed E-state index contributed by atoms with van der Waals surface area (Å²) in [5.74, 6) is -2.50. The van der Waals surface area contributed by atoms with Gasteiger partial charge in [-0.25, -0.2) is 9.59 Å². The molecule has 3 atom stereocenters. The van der Waals surface area contributed by atoms with Gasteiger partial charge in [0, 0.05) is 6.42 Å². The molecule has 0 aromatic heterocycles. The van der Waals surface area contributed by atoms with Crippen LogP contribution in [0.5, 0.6) is 0 Å². The molecule has 0 aromatic carbocycles. The van der Waals surface area contributed by atoms with Gasteiger partial charge in [-0.2, -0.15) is 0 Å². The zero-order valence-corrected chi connectivity index (χ0v) is 10.0. The zero-order chi connectivity index (χ0) is 14.6. The van der Waals surface area contributed by atoms with E-state index in [4.69, 9.17) is 10.2 Å². The van der Waals surface area contributed by atoms with Gasteiger partial charge in [-0.1, -0.05) is 0 Å². The molecule has 9 nitrogen and oxygen atoms in total. The van der Waals surface area contributed by atoms with Gasteiger partial charge in [-0.15, -0.1) is 0 Å². The third kappa shape index (κ3) is 4.38. The van der Waals surface area contributed by atoms with Crippen molar-refractivity contribution in [3.63, 3.8) is 0 Å². The summed E-state index contributed by atoms with van der Waals surface area (Å²) in [6, 6.07) is -2.08. The van der Waals surface area contributed by atoms with Gasteiger partial charge in [0.2, 0.25) is 0 Å². The van der Waals surface area contributed by atoms with E-state index in [9.17, 15) is 24.6 Å². The standard InChI is InChI=1S/C10H16N2O7/c13-6-3-12(4-7(6)14)10(19)11-5(9(17)18)1-2-8(15)16/h5-7,13-14H,1-4H2,(H,11,19)(H,15,16)(H,17,18)/t5-,6?,7?/m0/s1. The molecule has 0 aliphatic carbocycles. The van der Waals surface area contributed by atoms with E-state index in [1.165, 1.54) is 0 Å². The maximum atomic E-state index is 11.7. The SMILES string of the molecule is O=C(O)CC[C@H](NC(=O)N1CC(O)C(O)C1)C(=O)O. The molecular formula is C10H16N2O7. The van der Waals surface area contributed by atoms with Crippen LogP contribution in [0, 0.1) is 0 Å². The molecule has 0 aromatic rings. The number of nitrogens with one attached hydrogen (secondary N) is 1. The maximum Gasteiger partial charge on any atom is 0.326 e. The Morgan fingerprint density at radius 3 is 2.11 bits per heavy atom. The average Bonchev–Trinajstić information content (AvgIpc) is 2.64. The van der Waals surface area contributed by atoms with Crippen LogP contribution in [0.2, 0.25) is 0 Å². The summed E-state index contributed by atoms with van der Waals surface area (Å²) in [7, 11) is 0. The highest BCUT2D eigenvalue weighted by Crippen LogP contribution is 2.10. The van der Waals surface area contributed by atoms with E-state index in [2.05, 4.69) is 5.32 Å². The van der Waals surface area contributed by atoms with Crippen LogP contribution in [0.1, 0.15) is 12.8 Å². The van der Waals surface area contributed by atoms with E-state index in [1.54, 1.807) is 0 Å². The fourth-order valence-corrected chi connectivity index (χ4v) is 1.70. The number of carboxylic acids is 2. The topological polar surface area (TPSA) is 147 Å². The molecule has 5 N–H and O–H groups in total. The molecule has 0 radical (unpaired) electrons. The Morgan fingerprint density at radius 2 is 1.68 bits per heavy atom. The lowest BCUT2D eigenvalue weighted by molar-refractivity contribution is -0.140. The predicted octanol–water partition coefficient (Wildman–Crippen LogP) is -1.95. The largest absolute Gasteiger partial charge is 0.481 e. The second kappa shape index (κ2) is 6.34. The Balaban J connectivity index is 2.52. The first-order valence-corrected chi connectivity index (χ1v) is 5.67. The first kappa shape index (κ1) is 15.2. The fraction of sp³-hybridized carbons (Fsp3) is 0.700. The number of aliphatic hydroxyl groups is 2. The second-order valence-electron chi connectivity index (χ2n) is 4.31. The summed E-state index contributed by atoms with van der Waals surface area (Å²) < 4.78 is 0. The summed E-state index contributed by atoms with van der Waals surface area (Å²) in [5, 5.41) is 38.0. The van der Waals surface area contributed by atoms with E-state index in [0.717, 1.165) is 4.90 Å². The minimum atomic E-state index is -1.34. The molecule has 1 aliphatic heterocycles. The van der Waals surface area contributed by atoms with Crippen LogP contribution < -0.4 is 5.32 Å². The smallest absolute Gasteiger partial charge is 0.326 e. The quantitative estimate of drug-likeness (QED) is 0.392. The molecule has 19 heavy (non-hydrogen) atoms. The lowest BCUT2D eigenvalue weighted by atomic mass is 10.1. The van der Waals surface area contributed by atoms with Crippen LogP contribution in [0.25, 0.3) is 0 Å². The minimum Gasteiger partial charge on any atom is -0.481 e. The van der Waals surface area contributed by atoms with Crippen molar-refractivity contribution in [2.45, 2.75) is 31.1 Å². The van der Waals surface area contributed by atoms with Gasteiger partial charge in [0.25, 0.3) is 0 Å². The van der Waals surface area contributed by atoms with Crippen LogP contribution >= 0.6 is 0 Å². The number of carbonyl (C=O) groups excluding carboxylic acids is 1. The van der Waals surface area contributed by atoms with Gasteiger partial charge >= 0.3 is 18.0 Å². The predicted molar refractivity (Wildman–Crippen MR) is 60.4 cm³/mol. The fourth-order valence-electron chi connectivity index (χ4n) is 1.70. The van der Waals surface area contributed by atoms with Crippen molar-refractivity contribution < 1.29 is 34.8 Å². The van der Waals surface area contributed by atoms with Gasteiger partial charge in [-0.05, 0) is 6.42 Å². The third-order valence-electron chi connectivity index (χ3n) is 2.79. The number of likely N-dealkylation sites (tertiary alicyclic amines) is 1. The molecule has 1 aliphatic rings. The summed E-state index contributed by atoms with van der Waals surface area (Å²) >= 11 is 0. The lowest BCUT2D eigenvalue weighted by Crippen LogP contribution is -2.47. The average molecular weight is 276 g/mol. The first-order valence-electron chi connectivity index (χ1n) is 5.67. The van der Waals surface area contributed by atoms with Gasteiger partial charge in [0.15, 0.2) is 0 Å². The highest BCUT2D eigenvalue weighted by Gasteiger charge is 2.34. The Hall–Kier alpha value is -1.87. The lowest BCUT2D eigenvalue weighted by Gasteiger charge is -2.20. The van der Waals surface area contributed by atoms with Crippen LogP contribution in [-0.4, -0.2) is 74.6 Å². The van der Waals surface area contributed by atoms with E-state index in [1.807, 2.05) is 0 Å². The Kier molecular flexibility index (Phi) is 5.07. The number of nitrogens with zero attached hydrogens (tertiary/aromatic N) is 1. The third-order valence-corrected chi connectivity index (χ3v) is 2.79. The number of carbonyl (C=O) groups is 3. The second-order valence-corrected chi connectivity index (χ2v) is 4.31. The molecule has 0 spiro atoms. The van der Waals surface area contributed by atoms with Crippen molar-refractivity contribution in [2.24, 2.45) is 0 Å². The van der Waals surface area contributed by atoms with Gasteiger partial charge in [-0.3, -0.25) is 4.79 Å². The molecule has 2 amide bonds. The molecule has 2 unspecified atom stereocenters. The molecule has 0 saturated carbocycles. The van der Waals surface area contributed by atoms with Gasteiger partial charge in [0.05, 0.1) is 25.3 Å². The van der Waals surface area contributed by atoms with E-state index in [-0.39, 0.29) is 25.9 Å². The highest BCUT2D eigenvalue weighted by molar-refractivity contribution is 5.83. The normalized spacial score (nSPS) is 24.0.